The standard InChI is InChI=1S/C13H18N2O3S/c1-15(2)13(16)10-3-5-11(6-4-10)14-12-7-8-19(17,18)9-12/h3-6,12,14H,7-9H2,1-2H3. The van der Waals surface area contributed by atoms with E-state index in [0.29, 0.717) is 12.0 Å². The highest BCUT2D eigenvalue weighted by Gasteiger charge is 2.27. The SMILES string of the molecule is CN(C)C(=O)c1ccc(NC2CCS(=O)(=O)C2)cc1. The summed E-state index contributed by atoms with van der Waals surface area (Å²) in [6, 6.07) is 7.08. The van der Waals surface area contributed by atoms with Gasteiger partial charge in [0, 0.05) is 31.4 Å². The molecule has 0 saturated carbocycles. The first-order chi connectivity index (χ1) is 8.87. The van der Waals surface area contributed by atoms with Crippen molar-refractivity contribution in [3.63, 3.8) is 0 Å². The van der Waals surface area contributed by atoms with Gasteiger partial charge in [-0.3, -0.25) is 4.79 Å². The Morgan fingerprint density at radius 3 is 2.37 bits per heavy atom. The van der Waals surface area contributed by atoms with Gasteiger partial charge in [0.25, 0.3) is 5.91 Å². The van der Waals surface area contributed by atoms with E-state index in [4.69, 9.17) is 0 Å². The van der Waals surface area contributed by atoms with Gasteiger partial charge in [-0.2, -0.15) is 0 Å². The first-order valence-electron chi connectivity index (χ1n) is 6.16. The van der Waals surface area contributed by atoms with E-state index in [1.807, 2.05) is 12.1 Å². The molecule has 1 aliphatic heterocycles. The molecule has 1 N–H and O–H groups in total. The maximum Gasteiger partial charge on any atom is 0.253 e. The number of carbonyl (C=O) groups excluding carboxylic acids is 1. The highest BCUT2D eigenvalue weighted by atomic mass is 32.2. The normalized spacial score (nSPS) is 21.1. The lowest BCUT2D eigenvalue weighted by atomic mass is 10.1. The van der Waals surface area contributed by atoms with Crippen molar-refractivity contribution in [1.82, 2.24) is 4.90 Å². The van der Waals surface area contributed by atoms with Crippen molar-refractivity contribution in [2.24, 2.45) is 0 Å². The van der Waals surface area contributed by atoms with Crippen LogP contribution in [0, 0.1) is 0 Å². The number of nitrogens with one attached hydrogen (secondary N) is 1. The van der Waals surface area contributed by atoms with Gasteiger partial charge in [-0.05, 0) is 30.7 Å². The Balaban J connectivity index is 2.02. The van der Waals surface area contributed by atoms with Crippen LogP contribution in [-0.4, -0.2) is 50.9 Å². The van der Waals surface area contributed by atoms with E-state index >= 15 is 0 Å². The zero-order chi connectivity index (χ0) is 14.0. The largest absolute Gasteiger partial charge is 0.381 e. The Hall–Kier alpha value is -1.56. The van der Waals surface area contributed by atoms with Crippen LogP contribution in [0.5, 0.6) is 0 Å². The molecule has 0 aromatic heterocycles. The van der Waals surface area contributed by atoms with Crippen molar-refractivity contribution in [2.75, 3.05) is 30.9 Å². The fourth-order valence-electron chi connectivity index (χ4n) is 2.11. The summed E-state index contributed by atoms with van der Waals surface area (Å²) < 4.78 is 22.7. The minimum Gasteiger partial charge on any atom is -0.381 e. The lowest BCUT2D eigenvalue weighted by Gasteiger charge is -2.14. The summed E-state index contributed by atoms with van der Waals surface area (Å²) in [5, 5.41) is 3.19. The van der Waals surface area contributed by atoms with E-state index in [0.717, 1.165) is 5.69 Å². The summed E-state index contributed by atoms with van der Waals surface area (Å²) in [6.45, 7) is 0. The molecule has 1 aliphatic rings. The molecule has 5 nitrogen and oxygen atoms in total. The van der Waals surface area contributed by atoms with Crippen LogP contribution < -0.4 is 5.32 Å². The molecule has 0 aliphatic carbocycles. The molecule has 6 heteroatoms. The van der Waals surface area contributed by atoms with Gasteiger partial charge in [-0.25, -0.2) is 8.42 Å². The summed E-state index contributed by atoms with van der Waals surface area (Å²) in [5.74, 6) is 0.391. The minimum atomic E-state index is -2.87. The van der Waals surface area contributed by atoms with Gasteiger partial charge in [-0.15, -0.1) is 0 Å². The third-order valence-corrected chi connectivity index (χ3v) is 4.91. The molecule has 104 valence electrons. The first-order valence-corrected chi connectivity index (χ1v) is 7.98. The van der Waals surface area contributed by atoms with Gasteiger partial charge in [0.2, 0.25) is 0 Å². The fraction of sp³-hybridized carbons (Fsp3) is 0.462. The number of hydrogen-bond donors (Lipinski definition) is 1. The van der Waals surface area contributed by atoms with Crippen molar-refractivity contribution in [3.8, 4) is 0 Å². The van der Waals surface area contributed by atoms with Crippen LogP contribution in [-0.2, 0) is 9.84 Å². The Labute approximate surface area is 113 Å². The van der Waals surface area contributed by atoms with Crippen LogP contribution in [0.4, 0.5) is 5.69 Å². The smallest absolute Gasteiger partial charge is 0.253 e. The summed E-state index contributed by atoms with van der Waals surface area (Å²) in [5.41, 5.74) is 1.46. The van der Waals surface area contributed by atoms with Crippen LogP contribution in [0.25, 0.3) is 0 Å². The molecular weight excluding hydrogens is 264 g/mol. The number of carbonyl (C=O) groups is 1. The minimum absolute atomic E-state index is 0.0274. The van der Waals surface area contributed by atoms with Gasteiger partial charge in [0.05, 0.1) is 11.5 Å². The number of hydrogen-bond acceptors (Lipinski definition) is 4. The molecule has 0 radical (unpaired) electrons. The second kappa shape index (κ2) is 5.21. The van der Waals surface area contributed by atoms with Gasteiger partial charge >= 0.3 is 0 Å². The number of sulfone groups is 1. The number of anilines is 1. The molecule has 1 unspecified atom stereocenters. The van der Waals surface area contributed by atoms with Crippen molar-refractivity contribution < 1.29 is 13.2 Å². The summed E-state index contributed by atoms with van der Waals surface area (Å²) in [7, 11) is 0.541. The zero-order valence-electron chi connectivity index (χ0n) is 11.1. The van der Waals surface area contributed by atoms with Gasteiger partial charge in [0.1, 0.15) is 0 Å². The predicted octanol–water partition coefficient (Wildman–Crippen LogP) is 0.987. The number of benzene rings is 1. The molecule has 1 fully saturated rings. The average molecular weight is 282 g/mol. The van der Waals surface area contributed by atoms with E-state index < -0.39 is 9.84 Å². The van der Waals surface area contributed by atoms with E-state index in [9.17, 15) is 13.2 Å². The third kappa shape index (κ3) is 3.47. The molecule has 1 saturated heterocycles. The van der Waals surface area contributed by atoms with E-state index in [2.05, 4.69) is 5.32 Å². The second-order valence-electron chi connectivity index (χ2n) is 5.02. The Kier molecular flexibility index (Phi) is 3.80. The monoisotopic (exact) mass is 282 g/mol. The Morgan fingerprint density at radius 1 is 1.26 bits per heavy atom. The molecule has 1 heterocycles. The van der Waals surface area contributed by atoms with Gasteiger partial charge < -0.3 is 10.2 Å². The summed E-state index contributed by atoms with van der Waals surface area (Å²) >= 11 is 0. The predicted molar refractivity (Wildman–Crippen MR) is 75.1 cm³/mol. The molecular formula is C13H18N2O3S. The third-order valence-electron chi connectivity index (χ3n) is 3.14. The molecule has 1 atom stereocenters. The first kappa shape index (κ1) is 13.9. The van der Waals surface area contributed by atoms with E-state index in [1.54, 1.807) is 26.2 Å². The van der Waals surface area contributed by atoms with Gasteiger partial charge in [-0.1, -0.05) is 0 Å². The quantitative estimate of drug-likeness (QED) is 0.897. The van der Waals surface area contributed by atoms with Crippen molar-refractivity contribution in [2.45, 2.75) is 12.5 Å². The molecule has 1 aromatic carbocycles. The highest BCUT2D eigenvalue weighted by Crippen LogP contribution is 2.18. The van der Waals surface area contributed by atoms with E-state index in [1.165, 1.54) is 4.90 Å². The lowest BCUT2D eigenvalue weighted by molar-refractivity contribution is 0.0827. The van der Waals surface area contributed by atoms with E-state index in [-0.39, 0.29) is 23.5 Å². The molecule has 0 spiro atoms. The topological polar surface area (TPSA) is 66.5 Å². The highest BCUT2D eigenvalue weighted by molar-refractivity contribution is 7.91. The Morgan fingerprint density at radius 2 is 1.89 bits per heavy atom. The van der Waals surface area contributed by atoms with Gasteiger partial charge in [0.15, 0.2) is 9.84 Å². The van der Waals surface area contributed by atoms with Crippen LogP contribution in [0.2, 0.25) is 0 Å². The summed E-state index contributed by atoms with van der Waals surface area (Å²) in [6.07, 6.45) is 0.640. The fourth-order valence-corrected chi connectivity index (χ4v) is 3.79. The van der Waals surface area contributed by atoms with Crippen LogP contribution in [0.1, 0.15) is 16.8 Å². The van der Waals surface area contributed by atoms with Crippen molar-refractivity contribution >= 4 is 21.4 Å². The van der Waals surface area contributed by atoms with Crippen molar-refractivity contribution in [3.05, 3.63) is 29.8 Å². The average Bonchev–Trinajstić information content (AvgIpc) is 2.68. The number of amides is 1. The second-order valence-corrected chi connectivity index (χ2v) is 7.25. The number of rotatable bonds is 3. The Bertz CT molecular complexity index is 564. The molecule has 19 heavy (non-hydrogen) atoms. The molecule has 2 rings (SSSR count). The molecule has 0 bridgehead atoms. The zero-order valence-corrected chi connectivity index (χ0v) is 11.9. The maximum atomic E-state index is 11.7. The van der Waals surface area contributed by atoms with Crippen LogP contribution >= 0.6 is 0 Å². The lowest BCUT2D eigenvalue weighted by Crippen LogP contribution is -2.22. The molecule has 1 amide bonds. The summed E-state index contributed by atoms with van der Waals surface area (Å²) in [4.78, 5) is 13.2. The van der Waals surface area contributed by atoms with Crippen LogP contribution in [0.3, 0.4) is 0 Å². The number of nitrogens with zero attached hydrogens (tertiary/aromatic N) is 1. The van der Waals surface area contributed by atoms with Crippen molar-refractivity contribution in [1.29, 1.82) is 0 Å². The van der Waals surface area contributed by atoms with Crippen LogP contribution in [0.15, 0.2) is 24.3 Å². The maximum absolute atomic E-state index is 11.7. The molecule has 1 aromatic rings.